The normalized spacial score (nSPS) is 19.0. The molecule has 1 aliphatic rings. The molecule has 0 aliphatic carbocycles. The van der Waals surface area contributed by atoms with Crippen LogP contribution in [0.2, 0.25) is 0 Å². The van der Waals surface area contributed by atoms with Crippen molar-refractivity contribution in [1.29, 1.82) is 0 Å². The smallest absolute Gasteiger partial charge is 0.147 e. The summed E-state index contributed by atoms with van der Waals surface area (Å²) in [5.74, 6) is 0.967. The first kappa shape index (κ1) is 8.44. The molecule has 1 aromatic heterocycles. The number of nitrogens with two attached hydrogens (primary N) is 1. The van der Waals surface area contributed by atoms with Crippen LogP contribution in [0.15, 0.2) is 18.6 Å². The number of aromatic nitrogens is 2. The van der Waals surface area contributed by atoms with E-state index in [2.05, 4.69) is 14.9 Å². The van der Waals surface area contributed by atoms with E-state index >= 15 is 0 Å². The fraction of sp³-hybridized carbons (Fsp3) is 0.556. The Kier molecular flexibility index (Phi) is 2.40. The highest BCUT2D eigenvalue weighted by Gasteiger charge is 2.16. The molecule has 0 amide bonds. The largest absolute Gasteiger partial charge is 0.355 e. The molecule has 0 spiro atoms. The van der Waals surface area contributed by atoms with Crippen LogP contribution in [0.4, 0.5) is 5.82 Å². The highest BCUT2D eigenvalue weighted by atomic mass is 15.2. The van der Waals surface area contributed by atoms with Gasteiger partial charge in [0.25, 0.3) is 0 Å². The molecule has 13 heavy (non-hydrogen) atoms. The van der Waals surface area contributed by atoms with Crippen LogP contribution in [0.1, 0.15) is 12.8 Å². The number of rotatable bonds is 1. The predicted molar refractivity (Wildman–Crippen MR) is 51.5 cm³/mol. The molecule has 0 aromatic carbocycles. The number of hydrogen-bond donors (Lipinski definition) is 1. The first-order valence-electron chi connectivity index (χ1n) is 4.63. The quantitative estimate of drug-likeness (QED) is 0.676. The molecule has 1 saturated heterocycles. The van der Waals surface area contributed by atoms with Gasteiger partial charge in [0.05, 0.1) is 6.20 Å². The summed E-state index contributed by atoms with van der Waals surface area (Å²) in [4.78, 5) is 10.5. The lowest BCUT2D eigenvalue weighted by Gasteiger charge is -2.30. The van der Waals surface area contributed by atoms with Crippen molar-refractivity contribution in [2.45, 2.75) is 18.9 Å². The van der Waals surface area contributed by atoms with Crippen molar-refractivity contribution in [3.63, 3.8) is 0 Å². The number of nitrogens with zero attached hydrogens (tertiary/aromatic N) is 3. The zero-order valence-corrected chi connectivity index (χ0v) is 7.56. The standard InChI is InChI=1S/C9H14N4/c10-8-1-5-13(6-2-8)9-7-11-3-4-12-9/h3-4,7-8H,1-2,5-6,10H2. The van der Waals surface area contributed by atoms with Crippen LogP contribution < -0.4 is 10.6 Å². The zero-order chi connectivity index (χ0) is 9.10. The Morgan fingerprint density at radius 2 is 2.08 bits per heavy atom. The Labute approximate surface area is 77.8 Å². The van der Waals surface area contributed by atoms with Crippen molar-refractivity contribution in [2.75, 3.05) is 18.0 Å². The van der Waals surface area contributed by atoms with E-state index in [0.29, 0.717) is 6.04 Å². The van der Waals surface area contributed by atoms with Gasteiger partial charge in [-0.3, -0.25) is 4.98 Å². The molecule has 1 fully saturated rings. The summed E-state index contributed by atoms with van der Waals surface area (Å²) in [6, 6.07) is 0.368. The lowest BCUT2D eigenvalue weighted by Crippen LogP contribution is -2.40. The topological polar surface area (TPSA) is 55.0 Å². The average molecular weight is 178 g/mol. The van der Waals surface area contributed by atoms with Crippen molar-refractivity contribution in [1.82, 2.24) is 9.97 Å². The summed E-state index contributed by atoms with van der Waals surface area (Å²) in [5, 5.41) is 0. The first-order chi connectivity index (χ1) is 6.36. The van der Waals surface area contributed by atoms with Crippen LogP contribution in [0.5, 0.6) is 0 Å². The molecule has 0 radical (unpaired) electrons. The lowest BCUT2D eigenvalue weighted by atomic mass is 10.1. The minimum Gasteiger partial charge on any atom is -0.355 e. The van der Waals surface area contributed by atoms with Gasteiger partial charge in [0.15, 0.2) is 0 Å². The minimum atomic E-state index is 0.368. The fourth-order valence-corrected chi connectivity index (χ4v) is 1.58. The fourth-order valence-electron chi connectivity index (χ4n) is 1.58. The van der Waals surface area contributed by atoms with Crippen molar-refractivity contribution in [2.24, 2.45) is 5.73 Å². The molecule has 2 rings (SSSR count). The van der Waals surface area contributed by atoms with Gasteiger partial charge in [-0.25, -0.2) is 4.98 Å². The highest BCUT2D eigenvalue weighted by molar-refractivity contribution is 5.35. The third kappa shape index (κ3) is 1.95. The molecule has 2 N–H and O–H groups in total. The van der Waals surface area contributed by atoms with Crippen LogP contribution >= 0.6 is 0 Å². The SMILES string of the molecule is NC1CCN(c2cnccn2)CC1. The third-order valence-corrected chi connectivity index (χ3v) is 2.41. The van der Waals surface area contributed by atoms with Crippen molar-refractivity contribution in [3.8, 4) is 0 Å². The summed E-state index contributed by atoms with van der Waals surface area (Å²) >= 11 is 0. The van der Waals surface area contributed by atoms with Crippen LogP contribution in [0, 0.1) is 0 Å². The van der Waals surface area contributed by atoms with Gasteiger partial charge in [-0.15, -0.1) is 0 Å². The van der Waals surface area contributed by atoms with E-state index in [-0.39, 0.29) is 0 Å². The molecule has 1 aliphatic heterocycles. The molecule has 4 nitrogen and oxygen atoms in total. The van der Waals surface area contributed by atoms with E-state index in [1.807, 2.05) is 0 Å². The molecule has 4 heteroatoms. The molecule has 70 valence electrons. The molecular formula is C9H14N4. The molecule has 0 unspecified atom stereocenters. The van der Waals surface area contributed by atoms with E-state index in [4.69, 9.17) is 5.73 Å². The zero-order valence-electron chi connectivity index (χ0n) is 7.56. The first-order valence-corrected chi connectivity index (χ1v) is 4.63. The second kappa shape index (κ2) is 3.70. The minimum absolute atomic E-state index is 0.368. The van der Waals surface area contributed by atoms with E-state index in [9.17, 15) is 0 Å². The summed E-state index contributed by atoms with van der Waals surface area (Å²) in [7, 11) is 0. The molecule has 0 bridgehead atoms. The Morgan fingerprint density at radius 1 is 1.31 bits per heavy atom. The maximum atomic E-state index is 5.81. The predicted octanol–water partition coefficient (Wildman–Crippen LogP) is 0.404. The monoisotopic (exact) mass is 178 g/mol. The molecule has 2 heterocycles. The van der Waals surface area contributed by atoms with Gasteiger partial charge in [-0.2, -0.15) is 0 Å². The van der Waals surface area contributed by atoms with Crippen LogP contribution in [-0.4, -0.2) is 29.1 Å². The Hall–Kier alpha value is -1.16. The molecule has 0 saturated carbocycles. The number of piperidine rings is 1. The van der Waals surface area contributed by atoms with Crippen molar-refractivity contribution < 1.29 is 0 Å². The molecule has 0 atom stereocenters. The third-order valence-electron chi connectivity index (χ3n) is 2.41. The van der Waals surface area contributed by atoms with E-state index in [0.717, 1.165) is 31.7 Å². The van der Waals surface area contributed by atoms with E-state index in [1.54, 1.807) is 18.6 Å². The van der Waals surface area contributed by atoms with Crippen LogP contribution in [0.25, 0.3) is 0 Å². The van der Waals surface area contributed by atoms with Gasteiger partial charge in [0.1, 0.15) is 5.82 Å². The van der Waals surface area contributed by atoms with Gasteiger partial charge < -0.3 is 10.6 Å². The lowest BCUT2D eigenvalue weighted by molar-refractivity contribution is 0.498. The Balaban J connectivity index is 2.03. The maximum Gasteiger partial charge on any atom is 0.147 e. The van der Waals surface area contributed by atoms with Crippen molar-refractivity contribution >= 4 is 5.82 Å². The second-order valence-electron chi connectivity index (χ2n) is 3.39. The van der Waals surface area contributed by atoms with Crippen LogP contribution in [0.3, 0.4) is 0 Å². The van der Waals surface area contributed by atoms with Crippen LogP contribution in [-0.2, 0) is 0 Å². The van der Waals surface area contributed by atoms with Gasteiger partial charge >= 0.3 is 0 Å². The van der Waals surface area contributed by atoms with Gasteiger partial charge in [0, 0.05) is 31.5 Å². The average Bonchev–Trinajstić information content (AvgIpc) is 2.20. The van der Waals surface area contributed by atoms with E-state index < -0.39 is 0 Å². The number of hydrogen-bond acceptors (Lipinski definition) is 4. The van der Waals surface area contributed by atoms with Gasteiger partial charge in [-0.05, 0) is 12.8 Å². The Morgan fingerprint density at radius 3 is 2.69 bits per heavy atom. The summed E-state index contributed by atoms with van der Waals surface area (Å²) < 4.78 is 0. The summed E-state index contributed by atoms with van der Waals surface area (Å²) in [6.07, 6.45) is 7.33. The molecular weight excluding hydrogens is 164 g/mol. The van der Waals surface area contributed by atoms with Gasteiger partial charge in [-0.1, -0.05) is 0 Å². The van der Waals surface area contributed by atoms with E-state index in [1.165, 1.54) is 0 Å². The van der Waals surface area contributed by atoms with Crippen molar-refractivity contribution in [3.05, 3.63) is 18.6 Å². The maximum absolute atomic E-state index is 5.81. The summed E-state index contributed by atoms with van der Waals surface area (Å²) in [5.41, 5.74) is 5.81. The summed E-state index contributed by atoms with van der Waals surface area (Å²) in [6.45, 7) is 2.00. The Bertz CT molecular complexity index is 254. The number of anilines is 1. The highest BCUT2D eigenvalue weighted by Crippen LogP contribution is 2.14. The second-order valence-corrected chi connectivity index (χ2v) is 3.39. The van der Waals surface area contributed by atoms with Gasteiger partial charge in [0.2, 0.25) is 0 Å². The molecule has 1 aromatic rings.